The fourth-order valence-corrected chi connectivity index (χ4v) is 3.56. The Morgan fingerprint density at radius 3 is 2.31 bits per heavy atom. The van der Waals surface area contributed by atoms with Crippen molar-refractivity contribution in [1.29, 1.82) is 0 Å². The molecule has 0 saturated heterocycles. The Labute approximate surface area is 191 Å². The Morgan fingerprint density at radius 1 is 1.12 bits per heavy atom. The predicted molar refractivity (Wildman–Crippen MR) is 122 cm³/mol. The third-order valence-electron chi connectivity index (χ3n) is 4.40. The minimum absolute atomic E-state index is 0.0499. The molecule has 3 rings (SSSR count). The van der Waals surface area contributed by atoms with E-state index in [4.69, 9.17) is 17.3 Å². The average molecular weight is 479 g/mol. The van der Waals surface area contributed by atoms with Gasteiger partial charge < -0.3 is 5.73 Å². The van der Waals surface area contributed by atoms with Crippen molar-refractivity contribution in [1.82, 2.24) is 4.98 Å². The number of rotatable bonds is 5. The zero-order valence-electron chi connectivity index (χ0n) is 17.0. The average Bonchev–Trinajstić information content (AvgIpc) is 3.05. The molecule has 1 heterocycles. The Balaban J connectivity index is 1.93. The number of alkyl halides is 3. The van der Waals surface area contributed by atoms with Gasteiger partial charge >= 0.3 is 6.18 Å². The number of aromatic nitrogens is 1. The van der Waals surface area contributed by atoms with Crippen LogP contribution in [0, 0.1) is 13.8 Å². The number of aryl methyl sites for hydroxylation is 2. The number of aliphatic imine (C=N–C) groups is 1. The van der Waals surface area contributed by atoms with Gasteiger partial charge in [-0.1, -0.05) is 35.9 Å². The normalized spacial score (nSPS) is 12.7. The largest absolute Gasteiger partial charge is 0.430 e. The van der Waals surface area contributed by atoms with Crippen molar-refractivity contribution in [3.63, 3.8) is 0 Å². The Hall–Kier alpha value is -3.17. The molecule has 1 amide bonds. The van der Waals surface area contributed by atoms with Crippen LogP contribution in [0.2, 0.25) is 5.02 Å². The Morgan fingerprint density at radius 2 is 1.75 bits per heavy atom. The van der Waals surface area contributed by atoms with Gasteiger partial charge in [-0.15, -0.1) is 11.3 Å². The number of thiazole rings is 1. The fraction of sp³-hybridized carbons (Fsp3) is 0.136. The molecular weight excluding hydrogens is 461 g/mol. The summed E-state index contributed by atoms with van der Waals surface area (Å²) in [4.78, 5) is 22.0. The molecule has 3 N–H and O–H groups in total. The molecule has 0 aliphatic carbocycles. The minimum Gasteiger partial charge on any atom is -0.395 e. The number of nitrogens with zero attached hydrogens (tertiary/aromatic N) is 2. The highest BCUT2D eigenvalue weighted by Crippen LogP contribution is 2.27. The molecule has 0 aliphatic rings. The van der Waals surface area contributed by atoms with Crippen molar-refractivity contribution in [3.8, 4) is 0 Å². The van der Waals surface area contributed by atoms with Crippen LogP contribution < -0.4 is 11.1 Å². The quantitative estimate of drug-likeness (QED) is 0.429. The van der Waals surface area contributed by atoms with Gasteiger partial charge in [0.1, 0.15) is 5.70 Å². The first-order valence-electron chi connectivity index (χ1n) is 9.28. The van der Waals surface area contributed by atoms with Gasteiger partial charge in [-0.25, -0.2) is 9.98 Å². The zero-order valence-corrected chi connectivity index (χ0v) is 18.6. The summed E-state index contributed by atoms with van der Waals surface area (Å²) in [5.41, 5.74) is 5.61. The summed E-state index contributed by atoms with van der Waals surface area (Å²) in [6.45, 7) is 3.74. The van der Waals surface area contributed by atoms with Crippen molar-refractivity contribution in [2.75, 3.05) is 5.32 Å². The number of nitrogens with one attached hydrogen (secondary N) is 1. The first-order valence-corrected chi connectivity index (χ1v) is 10.5. The van der Waals surface area contributed by atoms with Crippen LogP contribution in [0.25, 0.3) is 0 Å². The minimum atomic E-state index is -4.72. The lowest BCUT2D eigenvalue weighted by Crippen LogP contribution is -2.21. The molecule has 0 saturated carbocycles. The van der Waals surface area contributed by atoms with Gasteiger partial charge in [0, 0.05) is 16.0 Å². The number of para-hydroxylation sites is 1. The van der Waals surface area contributed by atoms with E-state index in [9.17, 15) is 18.0 Å². The van der Waals surface area contributed by atoms with Crippen molar-refractivity contribution in [2.45, 2.75) is 20.0 Å². The maximum absolute atomic E-state index is 13.0. The molecule has 0 spiro atoms. The number of hydrogen-bond acceptors (Lipinski definition) is 5. The van der Waals surface area contributed by atoms with Crippen molar-refractivity contribution in [3.05, 3.63) is 87.0 Å². The molecule has 0 bridgehead atoms. The number of carbonyl (C=O) groups excluding carboxylic acids is 1. The summed E-state index contributed by atoms with van der Waals surface area (Å²) < 4.78 is 39.1. The molecule has 2 aromatic carbocycles. The second-order valence-electron chi connectivity index (χ2n) is 6.74. The van der Waals surface area contributed by atoms with Crippen LogP contribution in [-0.4, -0.2) is 22.8 Å². The molecule has 166 valence electrons. The summed E-state index contributed by atoms with van der Waals surface area (Å²) in [6.07, 6.45) is -3.98. The molecule has 0 radical (unpaired) electrons. The lowest BCUT2D eigenvalue weighted by atomic mass is 10.1. The van der Waals surface area contributed by atoms with E-state index in [1.165, 1.54) is 35.6 Å². The molecule has 1 aromatic heterocycles. The molecule has 0 aliphatic heterocycles. The third-order valence-corrected chi connectivity index (χ3v) is 5.71. The molecule has 0 unspecified atom stereocenters. The lowest BCUT2D eigenvalue weighted by Gasteiger charge is -2.10. The van der Waals surface area contributed by atoms with Gasteiger partial charge in [0.25, 0.3) is 5.91 Å². The van der Waals surface area contributed by atoms with Crippen LogP contribution in [-0.2, 0) is 0 Å². The van der Waals surface area contributed by atoms with Gasteiger partial charge in [-0.3, -0.25) is 10.1 Å². The highest BCUT2D eigenvalue weighted by atomic mass is 35.5. The van der Waals surface area contributed by atoms with E-state index >= 15 is 0 Å². The van der Waals surface area contributed by atoms with E-state index in [0.717, 1.165) is 16.6 Å². The summed E-state index contributed by atoms with van der Waals surface area (Å²) in [5, 5.41) is 3.45. The molecule has 5 nitrogen and oxygen atoms in total. The smallest absolute Gasteiger partial charge is 0.395 e. The summed E-state index contributed by atoms with van der Waals surface area (Å²) >= 11 is 7.45. The first-order chi connectivity index (χ1) is 15.0. The lowest BCUT2D eigenvalue weighted by molar-refractivity contribution is -0.0925. The summed E-state index contributed by atoms with van der Waals surface area (Å²) in [5.74, 6) is -0.389. The second kappa shape index (κ2) is 9.54. The van der Waals surface area contributed by atoms with Crippen LogP contribution in [0.15, 0.2) is 65.3 Å². The second-order valence-corrected chi connectivity index (χ2v) is 8.35. The van der Waals surface area contributed by atoms with E-state index in [-0.39, 0.29) is 22.3 Å². The molecule has 10 heteroatoms. The maximum Gasteiger partial charge on any atom is 0.430 e. The highest BCUT2D eigenvalue weighted by molar-refractivity contribution is 7.15. The third kappa shape index (κ3) is 5.74. The number of amides is 1. The number of benzene rings is 2. The molecule has 0 atom stereocenters. The van der Waals surface area contributed by atoms with E-state index in [2.05, 4.69) is 15.3 Å². The first kappa shape index (κ1) is 23.5. The van der Waals surface area contributed by atoms with E-state index in [1.54, 1.807) is 24.3 Å². The number of anilines is 1. The number of nitrogens with two attached hydrogens (primary N) is 1. The number of halogens is 4. The Bertz CT molecular complexity index is 1180. The van der Waals surface area contributed by atoms with Crippen LogP contribution in [0.4, 0.5) is 24.0 Å². The van der Waals surface area contributed by atoms with E-state index in [1.807, 2.05) is 13.8 Å². The molecule has 3 aromatic rings. The highest BCUT2D eigenvalue weighted by Gasteiger charge is 2.31. The van der Waals surface area contributed by atoms with Gasteiger partial charge in [0.05, 0.1) is 22.1 Å². The van der Waals surface area contributed by atoms with Crippen LogP contribution in [0.1, 0.15) is 26.5 Å². The van der Waals surface area contributed by atoms with Gasteiger partial charge in [0.15, 0.2) is 5.13 Å². The summed E-state index contributed by atoms with van der Waals surface area (Å²) in [6, 6.07) is 12.4. The van der Waals surface area contributed by atoms with Crippen LogP contribution >= 0.6 is 22.9 Å². The van der Waals surface area contributed by atoms with Crippen molar-refractivity contribution >= 4 is 45.4 Å². The zero-order chi connectivity index (χ0) is 23.5. The number of hydrogen-bond donors (Lipinski definition) is 2. The molecule has 0 fully saturated rings. The van der Waals surface area contributed by atoms with Crippen LogP contribution in [0.3, 0.4) is 0 Å². The number of allylic oxidation sites excluding steroid dienone is 2. The predicted octanol–water partition coefficient (Wildman–Crippen LogP) is 6.19. The van der Waals surface area contributed by atoms with Crippen molar-refractivity contribution in [2.24, 2.45) is 10.7 Å². The molecule has 32 heavy (non-hydrogen) atoms. The SMILES string of the molecule is Cc1nc(NC(=O)c2ccc(C(/C=C(\N)C(F)(F)F)=Nc3ccccc3Cl)cc2)sc1C. The van der Waals surface area contributed by atoms with Gasteiger partial charge in [0.2, 0.25) is 0 Å². The van der Waals surface area contributed by atoms with Crippen LogP contribution in [0.5, 0.6) is 0 Å². The topological polar surface area (TPSA) is 80.4 Å². The Kier molecular flexibility index (Phi) is 7.00. The van der Waals surface area contributed by atoms with Crippen molar-refractivity contribution < 1.29 is 18.0 Å². The monoisotopic (exact) mass is 478 g/mol. The van der Waals surface area contributed by atoms with E-state index < -0.39 is 11.9 Å². The fourth-order valence-electron chi connectivity index (χ4n) is 2.57. The molecular formula is C22H18ClF3N4OS. The standard InChI is InChI=1S/C22H18ClF3N4OS/c1-12-13(2)32-21(28-12)30-20(31)15-9-7-14(8-10-15)18(11-19(27)22(24,25)26)29-17-6-4-3-5-16(17)23/h3-11H,27H2,1-2H3,(H,28,30,31)/b19-11-,29-18?. The number of carbonyl (C=O) groups is 1. The van der Waals surface area contributed by atoms with Gasteiger partial charge in [-0.2, -0.15) is 13.2 Å². The maximum atomic E-state index is 13.0. The van der Waals surface area contributed by atoms with Gasteiger partial charge in [-0.05, 0) is 44.2 Å². The van der Waals surface area contributed by atoms with E-state index in [0.29, 0.717) is 16.3 Å². The summed E-state index contributed by atoms with van der Waals surface area (Å²) in [7, 11) is 0.